The van der Waals surface area contributed by atoms with Crippen LogP contribution in [0.25, 0.3) is 0 Å². The van der Waals surface area contributed by atoms with Crippen LogP contribution in [-0.4, -0.2) is 40.1 Å². The molecule has 0 aromatic heterocycles. The maximum absolute atomic E-state index is 13.7. The van der Waals surface area contributed by atoms with Crippen LogP contribution in [0.4, 0.5) is 0 Å². The molecule has 3 amide bonds. The van der Waals surface area contributed by atoms with Crippen molar-refractivity contribution in [3.63, 3.8) is 0 Å². The van der Waals surface area contributed by atoms with Crippen LogP contribution in [0.15, 0.2) is 59.1 Å². The second-order valence-corrected chi connectivity index (χ2v) is 11.3. The third-order valence-corrected chi connectivity index (χ3v) is 9.01. The largest absolute Gasteiger partial charge is 0.292 e. The van der Waals surface area contributed by atoms with Crippen molar-refractivity contribution < 1.29 is 19.2 Å². The van der Waals surface area contributed by atoms with Crippen molar-refractivity contribution in [3.05, 3.63) is 80.3 Å². The van der Waals surface area contributed by atoms with Gasteiger partial charge in [-0.2, -0.15) is 5.01 Å². The lowest BCUT2D eigenvalue weighted by Crippen LogP contribution is -2.52. The lowest BCUT2D eigenvalue weighted by Gasteiger charge is -2.37. The Balaban J connectivity index is 1.37. The average Bonchev–Trinajstić information content (AvgIpc) is 3.63. The lowest BCUT2D eigenvalue weighted by atomic mass is 9.63. The van der Waals surface area contributed by atoms with E-state index in [9.17, 15) is 19.2 Å². The van der Waals surface area contributed by atoms with E-state index < -0.39 is 41.9 Å². The molecule has 2 aromatic carbocycles. The third-order valence-electron chi connectivity index (χ3n) is 7.74. The number of amides is 3. The number of hydrogen-bond donors (Lipinski definition) is 0. The van der Waals surface area contributed by atoms with Crippen molar-refractivity contribution in [2.45, 2.75) is 6.42 Å². The molecule has 6 atom stereocenters. The lowest BCUT2D eigenvalue weighted by molar-refractivity contribution is -0.154. The number of nitrogens with zero attached hydrogens (tertiary/aromatic N) is 2. The van der Waals surface area contributed by atoms with Crippen LogP contribution < -0.4 is 0 Å². The van der Waals surface area contributed by atoms with Crippen LogP contribution in [0.2, 0.25) is 10.0 Å². The summed E-state index contributed by atoms with van der Waals surface area (Å²) >= 11 is 15.5. The number of ketones is 1. The van der Waals surface area contributed by atoms with E-state index >= 15 is 0 Å². The molecule has 6 nitrogen and oxygen atoms in total. The SMILES string of the molecule is O=C(CN(C(=O)c1ccc(Cl)c(Cl)c1)N1C(=O)[C@@H]2[C@@H]3C=C[C@H]([C@@H]4C[C@H]34)[C@H]2C1=O)c1ccc(Br)cc1. The van der Waals surface area contributed by atoms with E-state index in [-0.39, 0.29) is 27.4 Å². The summed E-state index contributed by atoms with van der Waals surface area (Å²) in [7, 11) is 0. The molecule has 9 heteroatoms. The van der Waals surface area contributed by atoms with E-state index in [2.05, 4.69) is 28.1 Å². The minimum atomic E-state index is -0.667. The predicted molar refractivity (Wildman–Crippen MR) is 133 cm³/mol. The van der Waals surface area contributed by atoms with Crippen molar-refractivity contribution in [1.82, 2.24) is 10.0 Å². The van der Waals surface area contributed by atoms with Gasteiger partial charge in [0.05, 0.1) is 21.9 Å². The van der Waals surface area contributed by atoms with E-state index in [1.54, 1.807) is 24.3 Å². The summed E-state index contributed by atoms with van der Waals surface area (Å²) in [6, 6.07) is 11.0. The van der Waals surface area contributed by atoms with Gasteiger partial charge < -0.3 is 0 Å². The molecule has 3 fully saturated rings. The highest BCUT2D eigenvalue weighted by Gasteiger charge is 2.68. The molecule has 178 valence electrons. The van der Waals surface area contributed by atoms with E-state index in [0.29, 0.717) is 17.4 Å². The number of allylic oxidation sites excluding steroid dienone is 2. The Kier molecular flexibility index (Phi) is 5.43. The number of hydrazine groups is 1. The number of Topliss-reactive ketones (excluding diaryl/α,β-unsaturated/α-hetero) is 1. The van der Waals surface area contributed by atoms with Crippen LogP contribution >= 0.6 is 39.1 Å². The van der Waals surface area contributed by atoms with Gasteiger partial charge in [0.25, 0.3) is 17.7 Å². The summed E-state index contributed by atoms with van der Waals surface area (Å²) in [5.74, 6) is -2.03. The zero-order valence-corrected chi connectivity index (χ0v) is 21.3. The minimum Gasteiger partial charge on any atom is -0.292 e. The summed E-state index contributed by atoms with van der Waals surface area (Å²) in [6.45, 7) is -0.465. The number of benzene rings is 2. The second kappa shape index (κ2) is 8.29. The quantitative estimate of drug-likeness (QED) is 0.285. The van der Waals surface area contributed by atoms with Gasteiger partial charge in [0.1, 0.15) is 6.54 Å². The van der Waals surface area contributed by atoms with Crippen LogP contribution in [-0.2, 0) is 9.59 Å². The van der Waals surface area contributed by atoms with E-state index in [1.165, 1.54) is 18.2 Å². The Labute approximate surface area is 219 Å². The Bertz CT molecular complexity index is 1290. The summed E-state index contributed by atoms with van der Waals surface area (Å²) < 4.78 is 0.799. The van der Waals surface area contributed by atoms with Gasteiger partial charge in [0, 0.05) is 15.6 Å². The predicted octanol–water partition coefficient (Wildman–Crippen LogP) is 5.05. The maximum atomic E-state index is 13.7. The van der Waals surface area contributed by atoms with Gasteiger partial charge in [-0.1, -0.05) is 63.4 Å². The molecule has 0 N–H and O–H groups in total. The minimum absolute atomic E-state index is 0.000512. The molecule has 2 bridgehead atoms. The standard InChI is InChI=1S/C26H19BrCl2N2O4/c27-14-4-1-12(2-5-14)21(32)11-30(24(33)13-3-8-19(28)20(29)9-13)31-25(34)22-15-6-7-16(18-10-17(15)18)23(22)26(31)35/h1-9,15-18,22-23H,10-11H2/t15-,16-,17-,18+,22-,23-/m1/s1. The second-order valence-electron chi connectivity index (χ2n) is 9.56. The van der Waals surface area contributed by atoms with Gasteiger partial charge in [-0.25, -0.2) is 5.01 Å². The Morgan fingerprint density at radius 2 is 1.46 bits per heavy atom. The van der Waals surface area contributed by atoms with Crippen molar-refractivity contribution in [1.29, 1.82) is 0 Å². The number of hydrogen-bond acceptors (Lipinski definition) is 4. The van der Waals surface area contributed by atoms with Crippen LogP contribution in [0.1, 0.15) is 27.1 Å². The fourth-order valence-corrected chi connectivity index (χ4v) is 6.62. The molecule has 2 saturated carbocycles. The molecular formula is C26H19BrCl2N2O4. The topological polar surface area (TPSA) is 74.8 Å². The van der Waals surface area contributed by atoms with E-state index in [0.717, 1.165) is 20.9 Å². The van der Waals surface area contributed by atoms with Crippen LogP contribution in [0.3, 0.4) is 0 Å². The van der Waals surface area contributed by atoms with Crippen molar-refractivity contribution in [2.75, 3.05) is 6.54 Å². The zero-order valence-electron chi connectivity index (χ0n) is 18.2. The molecular weight excluding hydrogens is 555 g/mol. The molecule has 1 aliphatic heterocycles. The Hall–Kier alpha value is -2.48. The number of rotatable bonds is 5. The van der Waals surface area contributed by atoms with Crippen molar-refractivity contribution in [2.24, 2.45) is 35.5 Å². The molecule has 1 heterocycles. The summed E-state index contributed by atoms with van der Waals surface area (Å²) in [5.41, 5.74) is 0.488. The van der Waals surface area contributed by atoms with Gasteiger partial charge in [-0.15, -0.1) is 0 Å². The van der Waals surface area contributed by atoms with Gasteiger partial charge in [0.2, 0.25) is 0 Å². The molecule has 7 rings (SSSR count). The number of carbonyl (C=O) groups excluding carboxylic acids is 4. The molecule has 1 saturated heterocycles. The van der Waals surface area contributed by atoms with E-state index in [1.807, 2.05) is 0 Å². The maximum Gasteiger partial charge on any atom is 0.273 e. The molecule has 35 heavy (non-hydrogen) atoms. The Morgan fingerprint density at radius 3 is 2.03 bits per heavy atom. The number of carbonyl (C=O) groups is 4. The van der Waals surface area contributed by atoms with Gasteiger partial charge >= 0.3 is 0 Å². The smallest absolute Gasteiger partial charge is 0.273 e. The first-order valence-corrected chi connectivity index (χ1v) is 12.9. The normalized spacial score (nSPS) is 29.7. The summed E-state index contributed by atoms with van der Waals surface area (Å²) in [6.07, 6.45) is 5.16. The molecule has 2 aromatic rings. The fraction of sp³-hybridized carbons (Fsp3) is 0.308. The molecule has 0 unspecified atom stereocenters. The first-order chi connectivity index (χ1) is 16.8. The zero-order chi connectivity index (χ0) is 24.6. The van der Waals surface area contributed by atoms with Crippen LogP contribution in [0.5, 0.6) is 0 Å². The van der Waals surface area contributed by atoms with Crippen LogP contribution in [0, 0.1) is 35.5 Å². The monoisotopic (exact) mass is 572 g/mol. The van der Waals surface area contributed by atoms with Gasteiger partial charge in [0.15, 0.2) is 5.78 Å². The average molecular weight is 574 g/mol. The van der Waals surface area contributed by atoms with Crippen molar-refractivity contribution >= 4 is 62.6 Å². The highest BCUT2D eigenvalue weighted by Crippen LogP contribution is 2.65. The highest BCUT2D eigenvalue weighted by molar-refractivity contribution is 9.10. The molecule has 0 spiro atoms. The molecule has 4 aliphatic carbocycles. The summed E-state index contributed by atoms with van der Waals surface area (Å²) in [5, 5.41) is 2.33. The molecule has 5 aliphatic rings. The van der Waals surface area contributed by atoms with Gasteiger partial charge in [-0.3, -0.25) is 19.2 Å². The number of halogens is 3. The first-order valence-electron chi connectivity index (χ1n) is 11.4. The van der Waals surface area contributed by atoms with E-state index in [4.69, 9.17) is 23.2 Å². The first kappa shape index (κ1) is 23.0. The van der Waals surface area contributed by atoms with Crippen molar-refractivity contribution in [3.8, 4) is 0 Å². The number of imide groups is 1. The summed E-state index contributed by atoms with van der Waals surface area (Å²) in [4.78, 5) is 54.2. The van der Waals surface area contributed by atoms with Gasteiger partial charge in [-0.05, 0) is 60.4 Å². The highest BCUT2D eigenvalue weighted by atomic mass is 79.9. The Morgan fingerprint density at radius 1 is 0.886 bits per heavy atom. The molecule has 0 radical (unpaired) electrons. The fourth-order valence-electron chi connectivity index (χ4n) is 6.05. The third kappa shape index (κ3) is 3.59.